The highest BCUT2D eigenvalue weighted by Gasteiger charge is 2.23. The molecule has 1 heterocycles. The van der Waals surface area contributed by atoms with Gasteiger partial charge >= 0.3 is 0 Å². The van der Waals surface area contributed by atoms with Crippen molar-refractivity contribution in [1.82, 2.24) is 0 Å². The fourth-order valence-electron chi connectivity index (χ4n) is 2.82. The van der Waals surface area contributed by atoms with Crippen molar-refractivity contribution in [3.63, 3.8) is 0 Å². The summed E-state index contributed by atoms with van der Waals surface area (Å²) in [5, 5.41) is 2.08. The molecular formula is C17H20BrNOS. The van der Waals surface area contributed by atoms with Gasteiger partial charge in [0.05, 0.1) is 0 Å². The van der Waals surface area contributed by atoms with Crippen LogP contribution < -0.4 is 10.5 Å². The molecule has 0 aliphatic heterocycles. The van der Waals surface area contributed by atoms with Crippen LogP contribution in [0.15, 0.2) is 34.1 Å². The summed E-state index contributed by atoms with van der Waals surface area (Å²) in [6, 6.07) is 8.60. The van der Waals surface area contributed by atoms with Gasteiger partial charge in [0, 0.05) is 20.8 Å². The summed E-state index contributed by atoms with van der Waals surface area (Å²) in [6.07, 6.45) is 4.44. The molecule has 2 atom stereocenters. The van der Waals surface area contributed by atoms with Crippen molar-refractivity contribution in [3.8, 4) is 5.75 Å². The van der Waals surface area contributed by atoms with E-state index in [1.54, 1.807) is 11.3 Å². The van der Waals surface area contributed by atoms with Gasteiger partial charge in [0.25, 0.3) is 0 Å². The molecule has 2 aromatic rings. The van der Waals surface area contributed by atoms with Crippen LogP contribution in [-0.4, -0.2) is 6.04 Å². The van der Waals surface area contributed by atoms with Crippen LogP contribution in [0.2, 0.25) is 0 Å². The fourth-order valence-corrected chi connectivity index (χ4v) is 4.36. The van der Waals surface area contributed by atoms with E-state index in [1.165, 1.54) is 35.3 Å². The minimum absolute atomic E-state index is 0.00352. The molecule has 0 radical (unpaired) electrons. The maximum atomic E-state index is 6.29. The molecule has 0 spiro atoms. The second-order valence-corrected chi connectivity index (χ2v) is 7.42. The number of fused-ring (bicyclic) bond motifs is 1. The van der Waals surface area contributed by atoms with E-state index in [0.29, 0.717) is 0 Å². The molecule has 2 nitrogen and oxygen atoms in total. The van der Waals surface area contributed by atoms with Crippen LogP contribution in [0.3, 0.4) is 0 Å². The Hall–Kier alpha value is -0.840. The molecule has 21 heavy (non-hydrogen) atoms. The molecule has 4 heteroatoms. The lowest BCUT2D eigenvalue weighted by Crippen LogP contribution is -2.30. The molecule has 1 aliphatic carbocycles. The maximum Gasteiger partial charge on any atom is 0.148 e. The Labute approximate surface area is 138 Å². The zero-order valence-corrected chi connectivity index (χ0v) is 14.5. The summed E-state index contributed by atoms with van der Waals surface area (Å²) in [4.78, 5) is 1.18. The summed E-state index contributed by atoms with van der Waals surface area (Å²) < 4.78 is 7.35. The molecule has 112 valence electrons. The first-order valence-corrected chi connectivity index (χ1v) is 9.12. The second kappa shape index (κ2) is 6.51. The fraction of sp³-hybridized carbons (Fsp3) is 0.412. The molecule has 0 amide bonds. The number of hydrogen-bond acceptors (Lipinski definition) is 3. The third kappa shape index (κ3) is 3.33. The predicted molar refractivity (Wildman–Crippen MR) is 92.1 cm³/mol. The number of aryl methyl sites for hydroxylation is 2. The minimum Gasteiger partial charge on any atom is -0.483 e. The first-order valence-electron chi connectivity index (χ1n) is 7.45. The van der Waals surface area contributed by atoms with Gasteiger partial charge in [-0.2, -0.15) is 0 Å². The highest BCUT2D eigenvalue weighted by molar-refractivity contribution is 9.10. The zero-order chi connectivity index (χ0) is 14.8. The van der Waals surface area contributed by atoms with Gasteiger partial charge in [-0.15, -0.1) is 11.3 Å². The number of hydrogen-bond donors (Lipinski definition) is 1. The predicted octanol–water partition coefficient (Wildman–Crippen LogP) is 4.86. The van der Waals surface area contributed by atoms with Crippen molar-refractivity contribution < 1.29 is 4.74 Å². The molecule has 1 aromatic heterocycles. The molecule has 0 saturated carbocycles. The van der Waals surface area contributed by atoms with Crippen molar-refractivity contribution in [2.24, 2.45) is 5.73 Å². The second-order valence-electron chi connectivity index (χ2n) is 5.56. The Morgan fingerprint density at radius 2 is 2.10 bits per heavy atom. The SMILES string of the molecule is CCC(N)C(Oc1ccc2c(c1)CCC2)c1cc(Br)cs1. The Balaban J connectivity index is 1.84. The van der Waals surface area contributed by atoms with E-state index in [2.05, 4.69) is 52.5 Å². The molecule has 3 rings (SSSR count). The van der Waals surface area contributed by atoms with E-state index in [0.717, 1.165) is 16.6 Å². The lowest BCUT2D eigenvalue weighted by atomic mass is 10.1. The topological polar surface area (TPSA) is 35.2 Å². The Kier molecular flexibility index (Phi) is 4.67. The number of thiophene rings is 1. The van der Waals surface area contributed by atoms with Crippen LogP contribution >= 0.6 is 27.3 Å². The molecule has 0 saturated heterocycles. The maximum absolute atomic E-state index is 6.29. The largest absolute Gasteiger partial charge is 0.483 e. The highest BCUT2D eigenvalue weighted by atomic mass is 79.9. The number of nitrogens with two attached hydrogens (primary N) is 1. The van der Waals surface area contributed by atoms with Crippen molar-refractivity contribution in [2.75, 3.05) is 0 Å². The van der Waals surface area contributed by atoms with Crippen LogP contribution in [-0.2, 0) is 12.8 Å². The molecule has 1 aliphatic rings. The van der Waals surface area contributed by atoms with Crippen LogP contribution in [0.1, 0.15) is 41.9 Å². The van der Waals surface area contributed by atoms with Gasteiger partial charge in [-0.05, 0) is 70.9 Å². The average molecular weight is 366 g/mol. The smallest absolute Gasteiger partial charge is 0.148 e. The summed E-state index contributed by atoms with van der Waals surface area (Å²) in [7, 11) is 0. The summed E-state index contributed by atoms with van der Waals surface area (Å²) in [5.74, 6) is 0.939. The first kappa shape index (κ1) is 15.1. The third-order valence-electron chi connectivity index (χ3n) is 4.06. The molecule has 2 N–H and O–H groups in total. The van der Waals surface area contributed by atoms with E-state index in [4.69, 9.17) is 10.5 Å². The monoisotopic (exact) mass is 365 g/mol. The minimum atomic E-state index is -0.0780. The van der Waals surface area contributed by atoms with E-state index >= 15 is 0 Å². The standard InChI is InChI=1S/C17H20BrNOS/c1-2-15(19)17(16-9-13(18)10-21-16)20-14-7-6-11-4-3-5-12(11)8-14/h6-10,15,17H,2-5,19H2,1H3. The van der Waals surface area contributed by atoms with Gasteiger partial charge in [-0.3, -0.25) is 0 Å². The Morgan fingerprint density at radius 3 is 2.81 bits per heavy atom. The quantitative estimate of drug-likeness (QED) is 0.821. The summed E-state index contributed by atoms with van der Waals surface area (Å²) >= 11 is 5.21. The third-order valence-corrected chi connectivity index (χ3v) is 5.82. The van der Waals surface area contributed by atoms with Gasteiger partial charge in [0.2, 0.25) is 0 Å². The Morgan fingerprint density at radius 1 is 1.29 bits per heavy atom. The van der Waals surface area contributed by atoms with Gasteiger partial charge in [-0.1, -0.05) is 13.0 Å². The van der Waals surface area contributed by atoms with Crippen molar-refractivity contribution in [2.45, 2.75) is 44.8 Å². The zero-order valence-electron chi connectivity index (χ0n) is 12.1. The first-order chi connectivity index (χ1) is 10.2. The number of benzene rings is 1. The normalized spacial score (nSPS) is 16.5. The molecule has 2 unspecified atom stereocenters. The summed E-state index contributed by atoms with van der Waals surface area (Å²) in [6.45, 7) is 2.10. The van der Waals surface area contributed by atoms with Crippen molar-refractivity contribution in [3.05, 3.63) is 50.1 Å². The van der Waals surface area contributed by atoms with Gasteiger partial charge in [0.1, 0.15) is 11.9 Å². The highest BCUT2D eigenvalue weighted by Crippen LogP contribution is 2.33. The van der Waals surface area contributed by atoms with Crippen LogP contribution in [0.5, 0.6) is 5.75 Å². The van der Waals surface area contributed by atoms with Gasteiger partial charge in [0.15, 0.2) is 0 Å². The molecule has 0 fully saturated rings. The molecule has 0 bridgehead atoms. The van der Waals surface area contributed by atoms with E-state index in [9.17, 15) is 0 Å². The number of ether oxygens (including phenoxy) is 1. The average Bonchev–Trinajstić information content (AvgIpc) is 3.12. The number of halogens is 1. The molecular weight excluding hydrogens is 346 g/mol. The van der Waals surface area contributed by atoms with E-state index in [-0.39, 0.29) is 12.1 Å². The number of rotatable bonds is 5. The van der Waals surface area contributed by atoms with E-state index < -0.39 is 0 Å². The summed E-state index contributed by atoms with van der Waals surface area (Å²) in [5.41, 5.74) is 9.19. The van der Waals surface area contributed by atoms with Crippen molar-refractivity contribution >= 4 is 27.3 Å². The molecule has 1 aromatic carbocycles. The van der Waals surface area contributed by atoms with Crippen LogP contribution in [0.25, 0.3) is 0 Å². The van der Waals surface area contributed by atoms with Gasteiger partial charge < -0.3 is 10.5 Å². The lowest BCUT2D eigenvalue weighted by Gasteiger charge is -2.23. The van der Waals surface area contributed by atoms with Gasteiger partial charge in [-0.25, -0.2) is 0 Å². The van der Waals surface area contributed by atoms with Crippen LogP contribution in [0, 0.1) is 0 Å². The van der Waals surface area contributed by atoms with Crippen molar-refractivity contribution in [1.29, 1.82) is 0 Å². The van der Waals surface area contributed by atoms with E-state index in [1.807, 2.05) is 0 Å². The Bertz CT molecular complexity index is 625. The lowest BCUT2D eigenvalue weighted by molar-refractivity contribution is 0.174. The van der Waals surface area contributed by atoms with Crippen LogP contribution in [0.4, 0.5) is 0 Å².